The fraction of sp³-hybridized carbons (Fsp3) is 0.500. The molecule has 0 aliphatic carbocycles. The van der Waals surface area contributed by atoms with Crippen LogP contribution in [0.15, 0.2) is 24.3 Å². The fourth-order valence-electron chi connectivity index (χ4n) is 1.82. The second-order valence-electron chi connectivity index (χ2n) is 4.98. The summed E-state index contributed by atoms with van der Waals surface area (Å²) in [4.78, 5) is 11.9. The Labute approximate surface area is 113 Å². The van der Waals surface area contributed by atoms with Crippen molar-refractivity contribution in [3.8, 4) is 0 Å². The summed E-state index contributed by atoms with van der Waals surface area (Å²) >= 11 is 0. The van der Waals surface area contributed by atoms with Crippen LogP contribution in [-0.4, -0.2) is 25.7 Å². The quantitative estimate of drug-likeness (QED) is 0.822. The lowest BCUT2D eigenvalue weighted by Crippen LogP contribution is -2.43. The van der Waals surface area contributed by atoms with E-state index in [-0.39, 0.29) is 30.8 Å². The van der Waals surface area contributed by atoms with Crippen LogP contribution in [0.3, 0.4) is 0 Å². The van der Waals surface area contributed by atoms with E-state index in [1.165, 1.54) is 19.2 Å². The maximum absolute atomic E-state index is 13.2. The van der Waals surface area contributed by atoms with Crippen LogP contribution in [0.2, 0.25) is 0 Å². The molecule has 0 aliphatic heterocycles. The number of nitrogens with two attached hydrogens (primary N) is 1. The second kappa shape index (κ2) is 6.63. The molecule has 1 rings (SSSR count). The smallest absolute Gasteiger partial charge is 0.223 e. The summed E-state index contributed by atoms with van der Waals surface area (Å²) in [6, 6.07) is 6.18. The molecule has 0 heterocycles. The first-order valence-corrected chi connectivity index (χ1v) is 6.19. The Morgan fingerprint density at radius 3 is 2.74 bits per heavy atom. The third kappa shape index (κ3) is 4.61. The molecular weight excluding hydrogens is 247 g/mol. The molecule has 0 radical (unpaired) electrons. The molecule has 106 valence electrons. The van der Waals surface area contributed by atoms with Gasteiger partial charge in [0.2, 0.25) is 5.91 Å². The fourth-order valence-corrected chi connectivity index (χ4v) is 1.82. The molecule has 4 nitrogen and oxygen atoms in total. The van der Waals surface area contributed by atoms with Gasteiger partial charge in [0, 0.05) is 13.7 Å². The lowest BCUT2D eigenvalue weighted by Gasteiger charge is -2.27. The van der Waals surface area contributed by atoms with Crippen molar-refractivity contribution in [1.29, 1.82) is 0 Å². The Bertz CT molecular complexity index is 431. The molecule has 0 aromatic heterocycles. The highest BCUT2D eigenvalue weighted by Crippen LogP contribution is 2.20. The zero-order valence-corrected chi connectivity index (χ0v) is 11.6. The van der Waals surface area contributed by atoms with Gasteiger partial charge in [-0.1, -0.05) is 12.1 Å². The maximum Gasteiger partial charge on any atom is 0.223 e. The molecule has 0 aliphatic rings. The number of carbonyl (C=O) groups excluding carboxylic acids is 1. The lowest BCUT2D eigenvalue weighted by atomic mass is 9.94. The number of nitrogens with one attached hydrogen (secondary N) is 1. The van der Waals surface area contributed by atoms with Crippen LogP contribution < -0.4 is 11.1 Å². The highest BCUT2D eigenvalue weighted by molar-refractivity contribution is 5.77. The van der Waals surface area contributed by atoms with Crippen molar-refractivity contribution in [2.24, 2.45) is 5.73 Å². The van der Waals surface area contributed by atoms with Gasteiger partial charge in [-0.25, -0.2) is 4.39 Å². The van der Waals surface area contributed by atoms with Crippen LogP contribution in [0.25, 0.3) is 0 Å². The van der Waals surface area contributed by atoms with Crippen molar-refractivity contribution in [3.63, 3.8) is 0 Å². The van der Waals surface area contributed by atoms with Gasteiger partial charge >= 0.3 is 0 Å². The Kier molecular flexibility index (Phi) is 5.44. The number of methoxy groups -OCH3 is 1. The predicted molar refractivity (Wildman–Crippen MR) is 72.0 cm³/mol. The van der Waals surface area contributed by atoms with E-state index < -0.39 is 5.54 Å². The summed E-state index contributed by atoms with van der Waals surface area (Å²) in [5, 5.41) is 2.86. The number of halogens is 1. The third-order valence-electron chi connectivity index (χ3n) is 3.01. The van der Waals surface area contributed by atoms with Gasteiger partial charge in [0.15, 0.2) is 0 Å². The Hall–Kier alpha value is -1.46. The van der Waals surface area contributed by atoms with Crippen molar-refractivity contribution in [2.75, 3.05) is 13.7 Å². The van der Waals surface area contributed by atoms with Crippen LogP contribution in [0.5, 0.6) is 0 Å². The standard InChI is InChI=1S/C14H21FN2O2/c1-14(2,10-5-4-6-11(15)7-10)17-13(18)8-12(9-16)19-3/h4-7,12H,8-9,16H2,1-3H3,(H,17,18). The van der Waals surface area contributed by atoms with Gasteiger partial charge < -0.3 is 15.8 Å². The summed E-state index contributed by atoms with van der Waals surface area (Å²) < 4.78 is 18.3. The van der Waals surface area contributed by atoms with Gasteiger partial charge in [-0.15, -0.1) is 0 Å². The Balaban J connectivity index is 2.71. The zero-order valence-electron chi connectivity index (χ0n) is 11.6. The first-order valence-electron chi connectivity index (χ1n) is 6.19. The lowest BCUT2D eigenvalue weighted by molar-refractivity contribution is -0.125. The van der Waals surface area contributed by atoms with Crippen LogP contribution in [0.1, 0.15) is 25.8 Å². The van der Waals surface area contributed by atoms with Crippen LogP contribution in [0.4, 0.5) is 4.39 Å². The SMILES string of the molecule is COC(CN)CC(=O)NC(C)(C)c1cccc(F)c1. The number of rotatable bonds is 6. The van der Waals surface area contributed by atoms with E-state index in [0.717, 1.165) is 0 Å². The molecule has 1 aromatic rings. The minimum atomic E-state index is -0.647. The molecule has 3 N–H and O–H groups in total. The molecule has 1 amide bonds. The van der Waals surface area contributed by atoms with Crippen molar-refractivity contribution in [1.82, 2.24) is 5.32 Å². The molecule has 0 spiro atoms. The van der Waals surface area contributed by atoms with Gasteiger partial charge in [0.25, 0.3) is 0 Å². The highest BCUT2D eigenvalue weighted by Gasteiger charge is 2.24. The molecular formula is C14H21FN2O2. The molecule has 0 fully saturated rings. The Morgan fingerprint density at radius 1 is 1.53 bits per heavy atom. The van der Waals surface area contributed by atoms with E-state index in [0.29, 0.717) is 5.56 Å². The number of hydrogen-bond donors (Lipinski definition) is 2. The summed E-state index contributed by atoms with van der Waals surface area (Å²) in [6.07, 6.45) is -0.116. The van der Waals surface area contributed by atoms with Gasteiger partial charge in [0.1, 0.15) is 5.82 Å². The average molecular weight is 268 g/mol. The van der Waals surface area contributed by atoms with E-state index in [2.05, 4.69) is 5.32 Å². The summed E-state index contributed by atoms with van der Waals surface area (Å²) in [7, 11) is 1.52. The molecule has 1 atom stereocenters. The zero-order chi connectivity index (χ0) is 14.5. The van der Waals surface area contributed by atoms with Crippen LogP contribution >= 0.6 is 0 Å². The minimum Gasteiger partial charge on any atom is -0.380 e. The third-order valence-corrected chi connectivity index (χ3v) is 3.01. The van der Waals surface area contributed by atoms with E-state index in [9.17, 15) is 9.18 Å². The first kappa shape index (κ1) is 15.6. The van der Waals surface area contributed by atoms with E-state index in [1.54, 1.807) is 12.1 Å². The first-order chi connectivity index (χ1) is 8.89. The molecule has 0 bridgehead atoms. The summed E-state index contributed by atoms with van der Waals surface area (Å²) in [5.74, 6) is -0.497. The van der Waals surface area contributed by atoms with Crippen molar-refractivity contribution < 1.29 is 13.9 Å². The molecule has 0 saturated carbocycles. The largest absolute Gasteiger partial charge is 0.380 e. The van der Waals surface area contributed by atoms with Gasteiger partial charge in [-0.2, -0.15) is 0 Å². The number of ether oxygens (including phenoxy) is 1. The number of hydrogen-bond acceptors (Lipinski definition) is 3. The normalized spacial score (nSPS) is 13.1. The number of amides is 1. The minimum absolute atomic E-state index is 0.174. The molecule has 1 unspecified atom stereocenters. The monoisotopic (exact) mass is 268 g/mol. The maximum atomic E-state index is 13.2. The van der Waals surface area contributed by atoms with Crippen molar-refractivity contribution in [2.45, 2.75) is 31.9 Å². The molecule has 19 heavy (non-hydrogen) atoms. The predicted octanol–water partition coefficient (Wildman–Crippen LogP) is 1.54. The van der Waals surface area contributed by atoms with E-state index >= 15 is 0 Å². The second-order valence-corrected chi connectivity index (χ2v) is 4.98. The number of carbonyl (C=O) groups is 1. The van der Waals surface area contributed by atoms with Crippen molar-refractivity contribution >= 4 is 5.91 Å². The Morgan fingerprint density at radius 2 is 2.21 bits per heavy atom. The van der Waals surface area contributed by atoms with Gasteiger partial charge in [-0.3, -0.25) is 4.79 Å². The van der Waals surface area contributed by atoms with Gasteiger partial charge in [-0.05, 0) is 31.5 Å². The highest BCUT2D eigenvalue weighted by atomic mass is 19.1. The topological polar surface area (TPSA) is 64.3 Å². The molecule has 0 saturated heterocycles. The average Bonchev–Trinajstić information content (AvgIpc) is 2.35. The van der Waals surface area contributed by atoms with E-state index in [1.807, 2.05) is 13.8 Å². The summed E-state index contributed by atoms with van der Waals surface area (Å²) in [5.41, 5.74) is 5.54. The van der Waals surface area contributed by atoms with Crippen molar-refractivity contribution in [3.05, 3.63) is 35.6 Å². The number of benzene rings is 1. The molecule has 5 heteroatoms. The molecule has 1 aromatic carbocycles. The van der Waals surface area contributed by atoms with E-state index in [4.69, 9.17) is 10.5 Å². The van der Waals surface area contributed by atoms with Crippen LogP contribution in [-0.2, 0) is 15.1 Å². The summed E-state index contributed by atoms with van der Waals surface area (Å²) in [6.45, 7) is 3.93. The van der Waals surface area contributed by atoms with Gasteiger partial charge in [0.05, 0.1) is 18.1 Å². The van der Waals surface area contributed by atoms with Crippen LogP contribution in [0, 0.1) is 5.82 Å².